The third kappa shape index (κ3) is 4.35. The van der Waals surface area contributed by atoms with Crippen LogP contribution in [0.15, 0.2) is 53.4 Å². The summed E-state index contributed by atoms with van der Waals surface area (Å²) in [5.74, 6) is -0.148. The molecule has 0 saturated heterocycles. The van der Waals surface area contributed by atoms with Crippen molar-refractivity contribution in [2.45, 2.75) is 30.0 Å². The Kier molecular flexibility index (Phi) is 5.66. The van der Waals surface area contributed by atoms with Gasteiger partial charge in [0.15, 0.2) is 0 Å². The molecule has 1 aliphatic heterocycles. The molecular formula is C19H19ClN2O2S. The number of carbonyl (C=O) groups is 2. The van der Waals surface area contributed by atoms with Gasteiger partial charge in [-0.1, -0.05) is 35.9 Å². The van der Waals surface area contributed by atoms with Gasteiger partial charge in [-0.25, -0.2) is 0 Å². The molecule has 0 spiro atoms. The first kappa shape index (κ1) is 17.8. The quantitative estimate of drug-likeness (QED) is 0.853. The number of anilines is 1. The third-order valence-electron chi connectivity index (χ3n) is 4.06. The number of hydrogen-bond acceptors (Lipinski definition) is 3. The van der Waals surface area contributed by atoms with E-state index in [-0.39, 0.29) is 18.2 Å². The average Bonchev–Trinajstić information content (AvgIpc) is 2.60. The van der Waals surface area contributed by atoms with E-state index in [1.54, 1.807) is 4.90 Å². The summed E-state index contributed by atoms with van der Waals surface area (Å²) in [6.45, 7) is 3.01. The van der Waals surface area contributed by atoms with Gasteiger partial charge in [0, 0.05) is 29.4 Å². The topological polar surface area (TPSA) is 49.4 Å². The van der Waals surface area contributed by atoms with Crippen LogP contribution < -0.4 is 5.32 Å². The van der Waals surface area contributed by atoms with E-state index in [4.69, 9.17) is 11.6 Å². The molecule has 1 heterocycles. The predicted octanol–water partition coefficient (Wildman–Crippen LogP) is 4.19. The molecule has 0 bridgehead atoms. The molecule has 0 saturated carbocycles. The third-order valence-corrected chi connectivity index (χ3v) is 5.57. The first-order chi connectivity index (χ1) is 12.1. The summed E-state index contributed by atoms with van der Waals surface area (Å²) >= 11 is 7.46. The van der Waals surface area contributed by atoms with Gasteiger partial charge in [-0.2, -0.15) is 0 Å². The zero-order valence-electron chi connectivity index (χ0n) is 13.9. The highest BCUT2D eigenvalue weighted by Gasteiger charge is 2.30. The largest absolute Gasteiger partial charge is 0.339 e. The Hall–Kier alpha value is -1.98. The molecule has 4 nitrogen and oxygen atoms in total. The van der Waals surface area contributed by atoms with Crippen molar-refractivity contribution in [1.82, 2.24) is 4.90 Å². The molecule has 2 aromatic rings. The highest BCUT2D eigenvalue weighted by Crippen LogP contribution is 2.36. The summed E-state index contributed by atoms with van der Waals surface area (Å²) in [6.07, 6.45) is 0.180. The summed E-state index contributed by atoms with van der Waals surface area (Å²) in [5.41, 5.74) is 1.79. The molecule has 2 amide bonds. The lowest BCUT2D eigenvalue weighted by atomic mass is 10.2. The lowest BCUT2D eigenvalue weighted by Gasteiger charge is -2.27. The van der Waals surface area contributed by atoms with Gasteiger partial charge in [0.2, 0.25) is 11.8 Å². The van der Waals surface area contributed by atoms with Crippen molar-refractivity contribution >= 4 is 40.9 Å². The zero-order valence-corrected chi connectivity index (χ0v) is 15.4. The van der Waals surface area contributed by atoms with Crippen LogP contribution in [0.5, 0.6) is 0 Å². The average molecular weight is 375 g/mol. The standard InChI is InChI=1S/C19H19ClN2O2S/c1-2-22(12-13-6-5-7-14(20)10-13)18(23)11-17-19(24)21-15-8-3-4-9-16(15)25-17/h3-10,17H,2,11-12H2,1H3,(H,21,24). The second kappa shape index (κ2) is 7.93. The van der Waals surface area contributed by atoms with Crippen LogP contribution in [0.1, 0.15) is 18.9 Å². The Labute approximate surface area is 156 Å². The van der Waals surface area contributed by atoms with Crippen molar-refractivity contribution < 1.29 is 9.59 Å². The second-order valence-corrected chi connectivity index (χ2v) is 7.51. The smallest absolute Gasteiger partial charge is 0.238 e. The number of nitrogens with one attached hydrogen (secondary N) is 1. The molecule has 0 aromatic heterocycles. The van der Waals surface area contributed by atoms with E-state index < -0.39 is 5.25 Å². The van der Waals surface area contributed by atoms with Crippen LogP contribution in [0.25, 0.3) is 0 Å². The summed E-state index contributed by atoms with van der Waals surface area (Å²) < 4.78 is 0. The molecule has 3 rings (SSSR count). The zero-order chi connectivity index (χ0) is 17.8. The number of amides is 2. The lowest BCUT2D eigenvalue weighted by Crippen LogP contribution is -2.37. The van der Waals surface area contributed by atoms with Crippen molar-refractivity contribution in [3.05, 3.63) is 59.1 Å². The summed E-state index contributed by atoms with van der Waals surface area (Å²) in [4.78, 5) is 27.7. The predicted molar refractivity (Wildman–Crippen MR) is 102 cm³/mol. The molecule has 1 atom stereocenters. The molecule has 1 N–H and O–H groups in total. The van der Waals surface area contributed by atoms with E-state index in [0.29, 0.717) is 18.1 Å². The first-order valence-electron chi connectivity index (χ1n) is 8.15. The minimum atomic E-state index is -0.407. The van der Waals surface area contributed by atoms with E-state index in [1.807, 2.05) is 55.5 Å². The van der Waals surface area contributed by atoms with Gasteiger partial charge >= 0.3 is 0 Å². The lowest BCUT2D eigenvalue weighted by molar-refractivity contribution is -0.133. The number of nitrogens with zero attached hydrogens (tertiary/aromatic N) is 1. The van der Waals surface area contributed by atoms with E-state index >= 15 is 0 Å². The molecule has 0 radical (unpaired) electrons. The number of thioether (sulfide) groups is 1. The molecule has 2 aromatic carbocycles. The fourth-order valence-electron chi connectivity index (χ4n) is 2.75. The molecular weight excluding hydrogens is 356 g/mol. The minimum Gasteiger partial charge on any atom is -0.339 e. The van der Waals surface area contributed by atoms with Crippen LogP contribution in [0.2, 0.25) is 5.02 Å². The van der Waals surface area contributed by atoms with Gasteiger partial charge in [0.25, 0.3) is 0 Å². The van der Waals surface area contributed by atoms with Crippen LogP contribution in [0.4, 0.5) is 5.69 Å². The minimum absolute atomic E-state index is 0.0329. The van der Waals surface area contributed by atoms with Gasteiger partial charge in [-0.05, 0) is 36.8 Å². The maximum absolute atomic E-state index is 12.7. The van der Waals surface area contributed by atoms with Crippen LogP contribution in [0.3, 0.4) is 0 Å². The number of halogens is 1. The molecule has 0 fully saturated rings. The van der Waals surface area contributed by atoms with Gasteiger partial charge < -0.3 is 10.2 Å². The number of para-hydroxylation sites is 1. The Morgan fingerprint density at radius 3 is 2.80 bits per heavy atom. The van der Waals surface area contributed by atoms with Gasteiger partial charge in [-0.15, -0.1) is 11.8 Å². The number of hydrogen-bond donors (Lipinski definition) is 1. The van der Waals surface area contributed by atoms with Crippen molar-refractivity contribution in [2.75, 3.05) is 11.9 Å². The monoisotopic (exact) mass is 374 g/mol. The maximum Gasteiger partial charge on any atom is 0.238 e. The summed E-state index contributed by atoms with van der Waals surface area (Å²) in [5, 5.41) is 3.13. The normalized spacial score (nSPS) is 16.1. The van der Waals surface area contributed by atoms with Crippen LogP contribution in [0, 0.1) is 0 Å². The number of carbonyl (C=O) groups excluding carboxylic acids is 2. The Morgan fingerprint density at radius 1 is 1.24 bits per heavy atom. The molecule has 25 heavy (non-hydrogen) atoms. The number of fused-ring (bicyclic) bond motifs is 1. The van der Waals surface area contributed by atoms with Crippen molar-refractivity contribution in [1.29, 1.82) is 0 Å². The fraction of sp³-hybridized carbons (Fsp3) is 0.263. The van der Waals surface area contributed by atoms with Crippen molar-refractivity contribution in [3.8, 4) is 0 Å². The summed E-state index contributed by atoms with van der Waals surface area (Å²) in [7, 11) is 0. The van der Waals surface area contributed by atoms with Crippen LogP contribution in [-0.4, -0.2) is 28.5 Å². The fourth-order valence-corrected chi connectivity index (χ4v) is 4.06. The Balaban J connectivity index is 1.67. The van der Waals surface area contributed by atoms with E-state index in [2.05, 4.69) is 5.32 Å². The second-order valence-electron chi connectivity index (χ2n) is 5.83. The van der Waals surface area contributed by atoms with Crippen molar-refractivity contribution in [3.63, 3.8) is 0 Å². The molecule has 6 heteroatoms. The Bertz CT molecular complexity index is 796. The SMILES string of the molecule is CCN(Cc1cccc(Cl)c1)C(=O)CC1Sc2ccccc2NC1=O. The summed E-state index contributed by atoms with van der Waals surface area (Å²) in [6, 6.07) is 15.1. The van der Waals surface area contributed by atoms with E-state index in [9.17, 15) is 9.59 Å². The first-order valence-corrected chi connectivity index (χ1v) is 9.41. The number of rotatable bonds is 5. The van der Waals surface area contributed by atoms with E-state index in [1.165, 1.54) is 11.8 Å². The highest BCUT2D eigenvalue weighted by atomic mass is 35.5. The molecule has 1 unspecified atom stereocenters. The van der Waals surface area contributed by atoms with Gasteiger partial charge in [0.1, 0.15) is 0 Å². The molecule has 130 valence electrons. The van der Waals surface area contributed by atoms with Gasteiger partial charge in [-0.3, -0.25) is 9.59 Å². The molecule has 0 aliphatic carbocycles. The Morgan fingerprint density at radius 2 is 2.04 bits per heavy atom. The molecule has 1 aliphatic rings. The van der Waals surface area contributed by atoms with Crippen molar-refractivity contribution in [2.24, 2.45) is 0 Å². The van der Waals surface area contributed by atoms with Crippen LogP contribution in [-0.2, 0) is 16.1 Å². The maximum atomic E-state index is 12.7. The van der Waals surface area contributed by atoms with Gasteiger partial charge in [0.05, 0.1) is 10.9 Å². The highest BCUT2D eigenvalue weighted by molar-refractivity contribution is 8.01. The van der Waals surface area contributed by atoms with Crippen LogP contribution >= 0.6 is 23.4 Å². The van der Waals surface area contributed by atoms with E-state index in [0.717, 1.165) is 16.1 Å². The number of benzene rings is 2.